The van der Waals surface area contributed by atoms with Crippen molar-refractivity contribution >= 4 is 41.7 Å². The summed E-state index contributed by atoms with van der Waals surface area (Å²) in [5.74, 6) is 3.25. The van der Waals surface area contributed by atoms with Crippen molar-refractivity contribution in [3.8, 4) is 0 Å². The fourth-order valence-electron chi connectivity index (χ4n) is 2.17. The Bertz CT molecular complexity index is 415. The Kier molecular flexibility index (Phi) is 8.35. The van der Waals surface area contributed by atoms with Gasteiger partial charge in [-0.25, -0.2) is 4.98 Å². The van der Waals surface area contributed by atoms with E-state index in [1.165, 1.54) is 18.6 Å². The molecule has 1 unspecified atom stereocenters. The maximum atomic E-state index is 4.25. The van der Waals surface area contributed by atoms with E-state index in [4.69, 9.17) is 0 Å². The van der Waals surface area contributed by atoms with Crippen molar-refractivity contribution in [1.82, 2.24) is 20.2 Å². The van der Waals surface area contributed by atoms with E-state index < -0.39 is 0 Å². The third-order valence-electron chi connectivity index (χ3n) is 3.31. The molecule has 0 aliphatic carbocycles. The smallest absolute Gasteiger partial charge is 0.191 e. The van der Waals surface area contributed by atoms with Crippen molar-refractivity contribution < 1.29 is 0 Å². The second-order valence-electron chi connectivity index (χ2n) is 4.68. The van der Waals surface area contributed by atoms with Gasteiger partial charge in [-0.15, -0.1) is 24.0 Å². The summed E-state index contributed by atoms with van der Waals surface area (Å²) in [6, 6.07) is 0. The molecule has 20 heavy (non-hydrogen) atoms. The first-order valence-corrected chi connectivity index (χ1v) is 7.88. The monoisotopic (exact) mass is 409 g/mol. The van der Waals surface area contributed by atoms with Gasteiger partial charge in [0.15, 0.2) is 5.96 Å². The van der Waals surface area contributed by atoms with E-state index in [-0.39, 0.29) is 24.0 Å². The lowest BCUT2D eigenvalue weighted by Gasteiger charge is -2.15. The molecule has 114 valence electrons. The Balaban J connectivity index is 0.00000200. The Morgan fingerprint density at radius 3 is 3.00 bits per heavy atom. The summed E-state index contributed by atoms with van der Waals surface area (Å²) >= 11 is 2.06. The van der Waals surface area contributed by atoms with Crippen molar-refractivity contribution in [3.63, 3.8) is 0 Å². The van der Waals surface area contributed by atoms with Crippen LogP contribution in [0.2, 0.25) is 0 Å². The molecule has 0 amide bonds. The number of rotatable bonds is 5. The number of thioether (sulfide) groups is 1. The van der Waals surface area contributed by atoms with E-state index in [9.17, 15) is 0 Å². The molecule has 1 aliphatic rings. The molecule has 2 heterocycles. The first-order valence-electron chi connectivity index (χ1n) is 6.83. The van der Waals surface area contributed by atoms with Gasteiger partial charge in [-0.1, -0.05) is 0 Å². The normalized spacial score (nSPS) is 18.7. The summed E-state index contributed by atoms with van der Waals surface area (Å²) in [7, 11) is 1.82. The van der Waals surface area contributed by atoms with Gasteiger partial charge >= 0.3 is 0 Å². The zero-order valence-corrected chi connectivity index (χ0v) is 15.3. The Hall–Kier alpha value is -0.440. The second kappa shape index (κ2) is 9.49. The highest BCUT2D eigenvalue weighted by Crippen LogP contribution is 2.25. The molecule has 1 aromatic rings. The van der Waals surface area contributed by atoms with Crippen molar-refractivity contribution in [1.29, 1.82) is 0 Å². The topological polar surface area (TPSA) is 54.2 Å². The SMILES string of the molecule is CN=C(NCCn1ccnc1C)NCC1CCCS1.I. The van der Waals surface area contributed by atoms with Crippen LogP contribution < -0.4 is 10.6 Å². The largest absolute Gasteiger partial charge is 0.355 e. The van der Waals surface area contributed by atoms with E-state index in [2.05, 4.69) is 36.9 Å². The highest BCUT2D eigenvalue weighted by molar-refractivity contribution is 14.0. The van der Waals surface area contributed by atoms with Crippen LogP contribution in [0.1, 0.15) is 18.7 Å². The van der Waals surface area contributed by atoms with Gasteiger partial charge in [-0.05, 0) is 25.5 Å². The van der Waals surface area contributed by atoms with Gasteiger partial charge in [-0.2, -0.15) is 11.8 Å². The van der Waals surface area contributed by atoms with Crippen LogP contribution in [-0.2, 0) is 6.54 Å². The maximum absolute atomic E-state index is 4.25. The third kappa shape index (κ3) is 5.51. The van der Waals surface area contributed by atoms with Crippen LogP contribution in [0.15, 0.2) is 17.4 Å². The van der Waals surface area contributed by atoms with Crippen molar-refractivity contribution in [2.75, 3.05) is 25.9 Å². The number of halogens is 1. The minimum atomic E-state index is 0. The van der Waals surface area contributed by atoms with Crippen LogP contribution in [0.4, 0.5) is 0 Å². The van der Waals surface area contributed by atoms with E-state index in [1.807, 2.05) is 26.4 Å². The van der Waals surface area contributed by atoms with Gasteiger partial charge < -0.3 is 15.2 Å². The molecule has 5 nitrogen and oxygen atoms in total. The Morgan fingerprint density at radius 2 is 2.40 bits per heavy atom. The quantitative estimate of drug-likeness (QED) is 0.443. The van der Waals surface area contributed by atoms with Crippen molar-refractivity contribution in [3.05, 3.63) is 18.2 Å². The molecule has 2 rings (SSSR count). The third-order valence-corrected chi connectivity index (χ3v) is 4.71. The van der Waals surface area contributed by atoms with E-state index in [0.717, 1.165) is 36.7 Å². The van der Waals surface area contributed by atoms with E-state index in [0.29, 0.717) is 0 Å². The number of guanidine groups is 1. The van der Waals surface area contributed by atoms with Crippen LogP contribution >= 0.6 is 35.7 Å². The summed E-state index contributed by atoms with van der Waals surface area (Å²) in [5, 5.41) is 7.48. The van der Waals surface area contributed by atoms with Gasteiger partial charge in [0.25, 0.3) is 0 Å². The first kappa shape index (κ1) is 17.6. The zero-order valence-electron chi connectivity index (χ0n) is 12.1. The molecule has 1 aliphatic heterocycles. The lowest BCUT2D eigenvalue weighted by atomic mass is 10.2. The van der Waals surface area contributed by atoms with E-state index in [1.54, 1.807) is 0 Å². The number of imidazole rings is 1. The summed E-state index contributed by atoms with van der Waals surface area (Å²) in [5.41, 5.74) is 0. The lowest BCUT2D eigenvalue weighted by Crippen LogP contribution is -2.41. The molecular formula is C13H24IN5S. The molecule has 0 saturated carbocycles. The molecule has 1 aromatic heterocycles. The number of hydrogen-bond donors (Lipinski definition) is 2. The summed E-state index contributed by atoms with van der Waals surface area (Å²) < 4.78 is 2.13. The number of nitrogens with one attached hydrogen (secondary N) is 2. The predicted octanol–water partition coefficient (Wildman–Crippen LogP) is 1.87. The van der Waals surface area contributed by atoms with Crippen molar-refractivity contribution in [2.24, 2.45) is 4.99 Å². The van der Waals surface area contributed by atoms with Crippen LogP contribution in [0.25, 0.3) is 0 Å². The summed E-state index contributed by atoms with van der Waals surface area (Å²) in [6.07, 6.45) is 6.51. The number of aromatic nitrogens is 2. The molecule has 1 atom stereocenters. The number of aliphatic imine (C=N–C) groups is 1. The Labute approximate surface area is 142 Å². The molecule has 0 aromatic carbocycles. The average Bonchev–Trinajstić information content (AvgIpc) is 3.06. The molecule has 1 saturated heterocycles. The molecule has 7 heteroatoms. The number of aryl methyl sites for hydroxylation is 1. The van der Waals surface area contributed by atoms with E-state index >= 15 is 0 Å². The van der Waals surface area contributed by atoms with Crippen LogP contribution in [0, 0.1) is 6.92 Å². The van der Waals surface area contributed by atoms with Gasteiger partial charge in [0.05, 0.1) is 0 Å². The predicted molar refractivity (Wildman–Crippen MR) is 97.2 cm³/mol. The minimum Gasteiger partial charge on any atom is -0.355 e. The second-order valence-corrected chi connectivity index (χ2v) is 6.09. The maximum Gasteiger partial charge on any atom is 0.191 e. The molecule has 1 fully saturated rings. The fourth-order valence-corrected chi connectivity index (χ4v) is 3.37. The first-order chi connectivity index (χ1) is 9.29. The highest BCUT2D eigenvalue weighted by Gasteiger charge is 2.15. The summed E-state index contributed by atoms with van der Waals surface area (Å²) in [4.78, 5) is 8.46. The molecular weight excluding hydrogens is 385 g/mol. The van der Waals surface area contributed by atoms with Crippen LogP contribution in [0.5, 0.6) is 0 Å². The lowest BCUT2D eigenvalue weighted by molar-refractivity contribution is 0.642. The van der Waals surface area contributed by atoms with Gasteiger partial charge in [0, 0.05) is 44.3 Å². The van der Waals surface area contributed by atoms with Crippen molar-refractivity contribution in [2.45, 2.75) is 31.6 Å². The Morgan fingerprint density at radius 1 is 1.55 bits per heavy atom. The zero-order chi connectivity index (χ0) is 13.5. The fraction of sp³-hybridized carbons (Fsp3) is 0.692. The minimum absolute atomic E-state index is 0. The summed E-state index contributed by atoms with van der Waals surface area (Å²) in [6.45, 7) is 4.79. The number of hydrogen-bond acceptors (Lipinski definition) is 3. The molecule has 0 bridgehead atoms. The van der Waals surface area contributed by atoms with Gasteiger partial charge in [0.1, 0.15) is 5.82 Å². The van der Waals surface area contributed by atoms with Gasteiger partial charge in [0.2, 0.25) is 0 Å². The van der Waals surface area contributed by atoms with Crippen LogP contribution in [-0.4, -0.2) is 46.7 Å². The van der Waals surface area contributed by atoms with Crippen LogP contribution in [0.3, 0.4) is 0 Å². The van der Waals surface area contributed by atoms with Gasteiger partial charge in [-0.3, -0.25) is 4.99 Å². The molecule has 0 radical (unpaired) electrons. The number of nitrogens with zero attached hydrogens (tertiary/aromatic N) is 3. The molecule has 2 N–H and O–H groups in total. The highest BCUT2D eigenvalue weighted by atomic mass is 127. The average molecular weight is 409 g/mol. The molecule has 0 spiro atoms. The standard InChI is InChI=1S/C13H23N5S.HI/c1-11-15-5-7-18(11)8-6-16-13(14-2)17-10-12-4-3-9-19-12;/h5,7,12H,3-4,6,8-10H2,1-2H3,(H2,14,16,17);1H.